The van der Waals surface area contributed by atoms with Crippen molar-refractivity contribution in [2.75, 3.05) is 13.1 Å². The highest BCUT2D eigenvalue weighted by Crippen LogP contribution is 2.43. The van der Waals surface area contributed by atoms with Crippen molar-refractivity contribution in [3.8, 4) is 0 Å². The van der Waals surface area contributed by atoms with Crippen LogP contribution in [0.2, 0.25) is 0 Å². The zero-order valence-corrected chi connectivity index (χ0v) is 9.50. The molecule has 0 amide bonds. The fraction of sp³-hybridized carbons (Fsp3) is 0.538. The first kappa shape index (κ1) is 12.4. The number of benzene rings is 1. The second kappa shape index (κ2) is 5.08. The average Bonchev–Trinajstić information content (AvgIpc) is 2.30. The van der Waals surface area contributed by atoms with Gasteiger partial charge in [0.25, 0.3) is 0 Å². The zero-order chi connectivity index (χ0) is 12.3. The molecule has 2 rings (SSSR count). The zero-order valence-electron chi connectivity index (χ0n) is 9.50. The van der Waals surface area contributed by atoms with E-state index < -0.39 is 12.1 Å². The topological polar surface area (TPSA) is 12.0 Å². The number of halogens is 3. The molecule has 0 saturated carbocycles. The third-order valence-corrected chi connectivity index (χ3v) is 3.37. The Kier molecular flexibility index (Phi) is 3.72. The van der Waals surface area contributed by atoms with Crippen molar-refractivity contribution in [1.29, 1.82) is 0 Å². The molecule has 1 aromatic carbocycles. The predicted octanol–water partition coefficient (Wildman–Crippen LogP) is 3.33. The minimum absolute atomic E-state index is 0.293. The number of alkyl halides is 3. The molecule has 0 aromatic heterocycles. The van der Waals surface area contributed by atoms with Crippen LogP contribution in [0.25, 0.3) is 0 Å². The summed E-state index contributed by atoms with van der Waals surface area (Å²) in [6.45, 7) is 1.37. The monoisotopic (exact) mass is 243 g/mol. The Morgan fingerprint density at radius 3 is 2.18 bits per heavy atom. The first-order valence-corrected chi connectivity index (χ1v) is 5.91. The molecular formula is C13H16F3N. The second-order valence-corrected chi connectivity index (χ2v) is 4.52. The molecular weight excluding hydrogens is 227 g/mol. The summed E-state index contributed by atoms with van der Waals surface area (Å²) < 4.78 is 39.5. The average molecular weight is 243 g/mol. The first-order valence-electron chi connectivity index (χ1n) is 5.91. The predicted molar refractivity (Wildman–Crippen MR) is 60.8 cm³/mol. The fourth-order valence-corrected chi connectivity index (χ4v) is 2.57. The van der Waals surface area contributed by atoms with Crippen molar-refractivity contribution >= 4 is 0 Å². The smallest absolute Gasteiger partial charge is 0.317 e. The van der Waals surface area contributed by atoms with Gasteiger partial charge in [-0.2, -0.15) is 13.2 Å². The van der Waals surface area contributed by atoms with Gasteiger partial charge in [0.05, 0.1) is 5.92 Å². The van der Waals surface area contributed by atoms with E-state index in [-0.39, 0.29) is 5.92 Å². The van der Waals surface area contributed by atoms with Crippen LogP contribution < -0.4 is 5.32 Å². The van der Waals surface area contributed by atoms with E-state index in [0.717, 1.165) is 0 Å². The van der Waals surface area contributed by atoms with E-state index in [1.54, 1.807) is 30.3 Å². The molecule has 0 spiro atoms. The summed E-state index contributed by atoms with van der Waals surface area (Å²) in [4.78, 5) is 0. The van der Waals surface area contributed by atoms with Crippen molar-refractivity contribution in [3.63, 3.8) is 0 Å². The number of hydrogen-bond acceptors (Lipinski definition) is 1. The molecule has 1 N–H and O–H groups in total. The van der Waals surface area contributed by atoms with E-state index in [1.165, 1.54) is 0 Å². The Hall–Kier alpha value is -1.03. The highest BCUT2D eigenvalue weighted by atomic mass is 19.4. The Morgan fingerprint density at radius 1 is 1.06 bits per heavy atom. The van der Waals surface area contributed by atoms with E-state index in [4.69, 9.17) is 0 Å². The molecule has 1 saturated heterocycles. The van der Waals surface area contributed by atoms with Gasteiger partial charge in [0.15, 0.2) is 0 Å². The number of nitrogens with one attached hydrogen (secondary N) is 1. The van der Waals surface area contributed by atoms with Crippen molar-refractivity contribution in [3.05, 3.63) is 35.9 Å². The molecule has 1 heterocycles. The summed E-state index contributed by atoms with van der Waals surface area (Å²) in [5, 5.41) is 3.11. The van der Waals surface area contributed by atoms with Gasteiger partial charge in [-0.05, 0) is 37.4 Å². The van der Waals surface area contributed by atoms with Crippen molar-refractivity contribution in [2.24, 2.45) is 5.92 Å². The molecule has 1 atom stereocenters. The van der Waals surface area contributed by atoms with E-state index in [1.807, 2.05) is 0 Å². The largest absolute Gasteiger partial charge is 0.396 e. The minimum atomic E-state index is -4.15. The quantitative estimate of drug-likeness (QED) is 0.840. The lowest BCUT2D eigenvalue weighted by Crippen LogP contribution is -2.36. The van der Waals surface area contributed by atoms with Crippen molar-refractivity contribution in [2.45, 2.75) is 24.9 Å². The third-order valence-electron chi connectivity index (χ3n) is 3.37. The van der Waals surface area contributed by atoms with Gasteiger partial charge in [-0.15, -0.1) is 0 Å². The van der Waals surface area contributed by atoms with Crippen LogP contribution in [0.3, 0.4) is 0 Å². The normalized spacial score (nSPS) is 20.2. The van der Waals surface area contributed by atoms with Gasteiger partial charge in [0.2, 0.25) is 0 Å². The maximum Gasteiger partial charge on any atom is 0.396 e. The molecule has 1 aliphatic rings. The fourth-order valence-electron chi connectivity index (χ4n) is 2.57. The molecule has 1 nitrogen and oxygen atoms in total. The van der Waals surface area contributed by atoms with Crippen LogP contribution in [-0.4, -0.2) is 19.3 Å². The number of piperidine rings is 1. The van der Waals surface area contributed by atoms with Crippen LogP contribution in [0, 0.1) is 5.92 Å². The highest BCUT2D eigenvalue weighted by Gasteiger charge is 2.45. The lowest BCUT2D eigenvalue weighted by atomic mass is 9.80. The Bertz CT molecular complexity index is 341. The maximum absolute atomic E-state index is 13.2. The summed E-state index contributed by atoms with van der Waals surface area (Å²) >= 11 is 0. The van der Waals surface area contributed by atoms with E-state index in [9.17, 15) is 13.2 Å². The lowest BCUT2D eigenvalue weighted by molar-refractivity contribution is -0.164. The van der Waals surface area contributed by atoms with Gasteiger partial charge < -0.3 is 5.32 Å². The summed E-state index contributed by atoms with van der Waals surface area (Å²) in [6.07, 6.45) is -2.96. The number of rotatable bonds is 2. The molecule has 0 aliphatic carbocycles. The molecule has 0 bridgehead atoms. The van der Waals surface area contributed by atoms with E-state index >= 15 is 0 Å². The van der Waals surface area contributed by atoms with Gasteiger partial charge >= 0.3 is 6.18 Å². The second-order valence-electron chi connectivity index (χ2n) is 4.52. The minimum Gasteiger partial charge on any atom is -0.317 e. The van der Waals surface area contributed by atoms with E-state index in [2.05, 4.69) is 5.32 Å². The van der Waals surface area contributed by atoms with Crippen LogP contribution in [0.5, 0.6) is 0 Å². The van der Waals surface area contributed by atoms with Crippen molar-refractivity contribution < 1.29 is 13.2 Å². The molecule has 1 fully saturated rings. The highest BCUT2D eigenvalue weighted by molar-refractivity contribution is 5.22. The SMILES string of the molecule is FC(F)(F)C(c1ccccc1)C1CCNCC1. The Labute approximate surface area is 99.0 Å². The van der Waals surface area contributed by atoms with Crippen molar-refractivity contribution in [1.82, 2.24) is 5.32 Å². The van der Waals surface area contributed by atoms with Gasteiger partial charge in [-0.1, -0.05) is 30.3 Å². The Balaban J connectivity index is 2.25. The molecule has 1 aromatic rings. The van der Waals surface area contributed by atoms with Gasteiger partial charge in [-0.25, -0.2) is 0 Å². The summed E-state index contributed by atoms with van der Waals surface area (Å²) in [6, 6.07) is 8.27. The molecule has 94 valence electrons. The number of hydrogen-bond donors (Lipinski definition) is 1. The third kappa shape index (κ3) is 3.00. The summed E-state index contributed by atoms with van der Waals surface area (Å²) in [7, 11) is 0. The summed E-state index contributed by atoms with van der Waals surface area (Å²) in [5.41, 5.74) is 0.395. The molecule has 1 aliphatic heterocycles. The summed E-state index contributed by atoms with van der Waals surface area (Å²) in [5.74, 6) is -1.61. The van der Waals surface area contributed by atoms with Crippen LogP contribution in [0.4, 0.5) is 13.2 Å². The maximum atomic E-state index is 13.2. The molecule has 0 radical (unpaired) electrons. The molecule has 1 unspecified atom stereocenters. The molecule has 17 heavy (non-hydrogen) atoms. The van der Waals surface area contributed by atoms with Crippen LogP contribution >= 0.6 is 0 Å². The van der Waals surface area contributed by atoms with Crippen LogP contribution in [0.15, 0.2) is 30.3 Å². The first-order chi connectivity index (χ1) is 8.09. The van der Waals surface area contributed by atoms with Crippen LogP contribution in [0.1, 0.15) is 24.3 Å². The lowest BCUT2D eigenvalue weighted by Gasteiger charge is -2.32. The standard InChI is InChI=1S/C13H16F3N/c14-13(15,16)12(10-4-2-1-3-5-10)11-6-8-17-9-7-11/h1-5,11-12,17H,6-9H2. The van der Waals surface area contributed by atoms with Crippen LogP contribution in [-0.2, 0) is 0 Å². The van der Waals surface area contributed by atoms with Gasteiger partial charge in [0.1, 0.15) is 0 Å². The van der Waals surface area contributed by atoms with E-state index in [0.29, 0.717) is 31.5 Å². The van der Waals surface area contributed by atoms with Gasteiger partial charge in [-0.3, -0.25) is 0 Å². The van der Waals surface area contributed by atoms with Gasteiger partial charge in [0, 0.05) is 0 Å². The Morgan fingerprint density at radius 2 is 1.65 bits per heavy atom. The molecule has 4 heteroatoms.